The quantitative estimate of drug-likeness (QED) is 0.380. The second kappa shape index (κ2) is 10.5. The molecule has 3 aliphatic heterocycles. The molecular formula is C32H27N3O6S2. The Bertz CT molecular complexity index is 1700. The number of nitrogens with zero attached hydrogens (tertiary/aromatic N) is 3. The van der Waals surface area contributed by atoms with Crippen molar-refractivity contribution >= 4 is 45.6 Å². The summed E-state index contributed by atoms with van der Waals surface area (Å²) in [5, 5.41) is 9.80. The first kappa shape index (κ1) is 28.8. The van der Waals surface area contributed by atoms with Crippen molar-refractivity contribution in [3.05, 3.63) is 95.6 Å². The van der Waals surface area contributed by atoms with Crippen LogP contribution in [0.1, 0.15) is 52.6 Å². The third kappa shape index (κ3) is 4.48. The number of nitriles is 1. The van der Waals surface area contributed by atoms with Crippen molar-refractivity contribution in [3.8, 4) is 17.6 Å². The first-order valence-corrected chi connectivity index (χ1v) is 15.2. The van der Waals surface area contributed by atoms with E-state index in [0.29, 0.717) is 28.2 Å². The van der Waals surface area contributed by atoms with Crippen LogP contribution in [0.3, 0.4) is 0 Å². The van der Waals surface area contributed by atoms with Gasteiger partial charge < -0.3 is 19.3 Å². The molecule has 2 saturated heterocycles. The van der Waals surface area contributed by atoms with E-state index in [1.807, 2.05) is 0 Å². The zero-order valence-electron chi connectivity index (χ0n) is 23.6. The molecule has 0 saturated carbocycles. The molecule has 0 N–H and O–H groups in total. The molecule has 2 amide bonds. The van der Waals surface area contributed by atoms with Crippen LogP contribution in [-0.4, -0.2) is 55.4 Å². The highest BCUT2D eigenvalue weighted by Crippen LogP contribution is 2.63. The van der Waals surface area contributed by atoms with Gasteiger partial charge in [0.15, 0.2) is 21.2 Å². The standard InChI is InChI=1S/C32H27N3O6S2/c1-30(18-33)17-32(43-27(37)21-12-8-5-9-13-21)29(39)34(3)31(2,42-26(36)20-10-6-4-7-11-20)28(38)35(32)25(30)22-14-15-23-24(16-22)41-19-40-23/h4-16,25H,17,19H2,1-3H3/t25-,30+,31-,32?/m0/s1. The van der Waals surface area contributed by atoms with E-state index < -0.39 is 43.2 Å². The number of benzene rings is 3. The topological polar surface area (TPSA) is 117 Å². The molecule has 2 fully saturated rings. The van der Waals surface area contributed by atoms with E-state index >= 15 is 0 Å². The lowest BCUT2D eigenvalue weighted by atomic mass is 9.79. The van der Waals surface area contributed by atoms with E-state index in [-0.39, 0.29) is 13.2 Å². The highest BCUT2D eigenvalue weighted by molar-refractivity contribution is 8.16. The summed E-state index contributed by atoms with van der Waals surface area (Å²) in [5.41, 5.74) is -0.000821. The first-order chi connectivity index (χ1) is 20.5. The Morgan fingerprint density at radius 3 is 2.05 bits per heavy atom. The van der Waals surface area contributed by atoms with Crippen LogP contribution in [0.4, 0.5) is 0 Å². The number of fused-ring (bicyclic) bond motifs is 2. The van der Waals surface area contributed by atoms with Gasteiger partial charge in [-0.05, 0) is 55.1 Å². The van der Waals surface area contributed by atoms with E-state index in [9.17, 15) is 24.4 Å². The van der Waals surface area contributed by atoms with Crippen molar-refractivity contribution in [2.75, 3.05) is 13.8 Å². The Labute approximate surface area is 257 Å². The summed E-state index contributed by atoms with van der Waals surface area (Å²) in [5.74, 6) is -0.122. The summed E-state index contributed by atoms with van der Waals surface area (Å²) in [4.78, 5) is 55.8. The van der Waals surface area contributed by atoms with Crippen molar-refractivity contribution in [1.29, 1.82) is 5.26 Å². The molecule has 9 nitrogen and oxygen atoms in total. The molecule has 11 heteroatoms. The predicted octanol–water partition coefficient (Wildman–Crippen LogP) is 5.25. The maximum Gasteiger partial charge on any atom is 0.261 e. The second-order valence-corrected chi connectivity index (χ2v) is 13.7. The van der Waals surface area contributed by atoms with Gasteiger partial charge in [-0.25, -0.2) is 0 Å². The monoisotopic (exact) mass is 613 g/mol. The minimum atomic E-state index is -1.75. The third-order valence-corrected chi connectivity index (χ3v) is 10.8. The Kier molecular flexibility index (Phi) is 7.02. The number of hydrogen-bond acceptors (Lipinski definition) is 9. The van der Waals surface area contributed by atoms with E-state index in [2.05, 4.69) is 6.07 Å². The molecule has 0 bridgehead atoms. The van der Waals surface area contributed by atoms with Gasteiger partial charge in [0.05, 0.1) is 17.5 Å². The number of carbonyl (C=O) groups is 4. The lowest BCUT2D eigenvalue weighted by Gasteiger charge is -2.52. The van der Waals surface area contributed by atoms with Crippen molar-refractivity contribution in [1.82, 2.24) is 9.80 Å². The minimum absolute atomic E-state index is 0.0343. The number of piperazine rings is 1. The van der Waals surface area contributed by atoms with E-state index in [1.54, 1.807) is 85.8 Å². The van der Waals surface area contributed by atoms with Crippen LogP contribution in [0.25, 0.3) is 0 Å². The van der Waals surface area contributed by atoms with E-state index in [0.717, 1.165) is 23.5 Å². The van der Waals surface area contributed by atoms with E-state index in [4.69, 9.17) is 9.47 Å². The fourth-order valence-electron chi connectivity index (χ4n) is 6.00. The summed E-state index contributed by atoms with van der Waals surface area (Å²) in [6.07, 6.45) is -0.110. The summed E-state index contributed by atoms with van der Waals surface area (Å²) in [6, 6.07) is 23.6. The maximum atomic E-state index is 14.9. The van der Waals surface area contributed by atoms with Crippen LogP contribution in [0, 0.1) is 16.7 Å². The molecule has 0 spiro atoms. The summed E-state index contributed by atoms with van der Waals surface area (Å²) in [6.45, 7) is 3.26. The van der Waals surface area contributed by atoms with Gasteiger partial charge in [-0.15, -0.1) is 0 Å². The average Bonchev–Trinajstić information content (AvgIpc) is 3.60. The van der Waals surface area contributed by atoms with Crippen LogP contribution in [0.5, 0.6) is 11.5 Å². The molecule has 4 atom stereocenters. The fraction of sp³-hybridized carbons (Fsp3) is 0.281. The van der Waals surface area contributed by atoms with Gasteiger partial charge in [-0.2, -0.15) is 5.26 Å². The lowest BCUT2D eigenvalue weighted by Crippen LogP contribution is -2.71. The largest absolute Gasteiger partial charge is 0.454 e. The van der Waals surface area contributed by atoms with Crippen LogP contribution >= 0.6 is 23.5 Å². The van der Waals surface area contributed by atoms with Crippen molar-refractivity contribution in [3.63, 3.8) is 0 Å². The minimum Gasteiger partial charge on any atom is -0.454 e. The molecule has 3 aromatic carbocycles. The molecule has 43 heavy (non-hydrogen) atoms. The third-order valence-electron chi connectivity index (χ3n) is 8.29. The second-order valence-electron chi connectivity index (χ2n) is 11.0. The molecule has 0 radical (unpaired) electrons. The fourth-order valence-corrected chi connectivity index (χ4v) is 8.46. The summed E-state index contributed by atoms with van der Waals surface area (Å²) < 4.78 is 11.1. The Morgan fingerprint density at radius 2 is 1.44 bits per heavy atom. The average molecular weight is 614 g/mol. The number of rotatable bonds is 5. The number of hydrogen-bond donors (Lipinski definition) is 0. The zero-order valence-corrected chi connectivity index (χ0v) is 25.2. The van der Waals surface area contributed by atoms with Crippen LogP contribution < -0.4 is 9.47 Å². The predicted molar refractivity (Wildman–Crippen MR) is 161 cm³/mol. The highest BCUT2D eigenvalue weighted by Gasteiger charge is 2.72. The Balaban J connectivity index is 1.51. The molecule has 6 rings (SSSR count). The van der Waals surface area contributed by atoms with Gasteiger partial charge in [-0.1, -0.05) is 66.7 Å². The van der Waals surface area contributed by atoms with Gasteiger partial charge in [0.1, 0.15) is 0 Å². The SMILES string of the molecule is CN1C(=O)C2(SC(=O)c3ccccc3)C[C@](C)(C#N)[C@H](c3ccc4c(c3)OCO4)N2C(=O)[C@]1(C)SC(=O)c1ccccc1. The number of carbonyl (C=O) groups excluding carboxylic acids is 4. The van der Waals surface area contributed by atoms with Gasteiger partial charge >= 0.3 is 0 Å². The van der Waals surface area contributed by atoms with Crippen LogP contribution in [0.15, 0.2) is 78.9 Å². The van der Waals surface area contributed by atoms with Crippen molar-refractivity contribution in [2.45, 2.75) is 36.1 Å². The maximum absolute atomic E-state index is 14.9. The number of likely N-dealkylation sites (N-methyl/N-ethyl adjacent to an activating group) is 1. The lowest BCUT2D eigenvalue weighted by molar-refractivity contribution is -0.163. The molecule has 0 aromatic heterocycles. The van der Waals surface area contributed by atoms with Gasteiger partial charge in [-0.3, -0.25) is 19.2 Å². The molecular weight excluding hydrogens is 587 g/mol. The summed E-state index contributed by atoms with van der Waals surface area (Å²) >= 11 is 1.48. The molecule has 1 unspecified atom stereocenters. The van der Waals surface area contributed by atoms with E-state index in [1.165, 1.54) is 23.8 Å². The smallest absolute Gasteiger partial charge is 0.261 e. The number of amides is 2. The molecule has 3 aliphatic rings. The Hall–Kier alpha value is -4.27. The van der Waals surface area contributed by atoms with Crippen LogP contribution in [-0.2, 0) is 9.59 Å². The normalized spacial score (nSPS) is 27.5. The van der Waals surface area contributed by atoms with Gasteiger partial charge in [0.2, 0.25) is 17.0 Å². The van der Waals surface area contributed by atoms with Gasteiger partial charge in [0.25, 0.3) is 11.8 Å². The zero-order chi connectivity index (χ0) is 30.6. The molecule has 218 valence electrons. The summed E-state index contributed by atoms with van der Waals surface area (Å²) in [7, 11) is 1.47. The van der Waals surface area contributed by atoms with Gasteiger partial charge in [0, 0.05) is 24.6 Å². The van der Waals surface area contributed by atoms with Crippen LogP contribution in [0.2, 0.25) is 0 Å². The molecule has 3 aromatic rings. The highest BCUT2D eigenvalue weighted by atomic mass is 32.2. The van der Waals surface area contributed by atoms with Crippen molar-refractivity contribution in [2.24, 2.45) is 5.41 Å². The first-order valence-electron chi connectivity index (χ1n) is 13.5. The molecule has 3 heterocycles. The molecule has 0 aliphatic carbocycles. The Morgan fingerprint density at radius 1 is 0.860 bits per heavy atom. The van der Waals surface area contributed by atoms with Crippen molar-refractivity contribution < 1.29 is 28.7 Å². The number of ether oxygens (including phenoxy) is 2. The number of thioether (sulfide) groups is 2.